The summed E-state index contributed by atoms with van der Waals surface area (Å²) in [7, 11) is 0. The van der Waals surface area contributed by atoms with E-state index in [-0.39, 0.29) is 5.95 Å². The maximum absolute atomic E-state index is 8.88. The highest BCUT2D eigenvalue weighted by molar-refractivity contribution is 5.80. The molecule has 4 N–H and O–H groups in total. The number of fused-ring (bicyclic) bond motifs is 1. The second-order valence-corrected chi connectivity index (χ2v) is 3.87. The van der Waals surface area contributed by atoms with Gasteiger partial charge in [0.2, 0.25) is 11.8 Å². The molecule has 0 aliphatic carbocycles. The Hall–Kier alpha value is -3.18. The lowest BCUT2D eigenvalue weighted by atomic mass is 10.2. The summed E-state index contributed by atoms with van der Waals surface area (Å²) in [5.41, 5.74) is 3.35. The standard InChI is InChI=1S/C12H9N7O/c13-5-7-2-1-3-8(4-7)20-11-9-6-15-19-10(9)16-12(17-11)18-14/h1-4,6H,14H2,(H2,15,16,17,18,19). The summed E-state index contributed by atoms with van der Waals surface area (Å²) in [6.07, 6.45) is 1.55. The number of nitrogen functional groups attached to an aromatic ring is 1. The number of anilines is 1. The summed E-state index contributed by atoms with van der Waals surface area (Å²) in [5, 5.41) is 16.1. The molecule has 0 aliphatic rings. The van der Waals surface area contributed by atoms with E-state index < -0.39 is 0 Å². The molecular weight excluding hydrogens is 258 g/mol. The quantitative estimate of drug-likeness (QED) is 0.482. The Morgan fingerprint density at radius 3 is 3.05 bits per heavy atom. The number of hydrogen-bond donors (Lipinski definition) is 3. The van der Waals surface area contributed by atoms with Crippen molar-refractivity contribution in [3.8, 4) is 17.7 Å². The number of hydrogen-bond acceptors (Lipinski definition) is 7. The molecule has 2 aromatic heterocycles. The van der Waals surface area contributed by atoms with Gasteiger partial charge in [-0.1, -0.05) is 6.07 Å². The second kappa shape index (κ2) is 4.83. The van der Waals surface area contributed by atoms with E-state index in [0.29, 0.717) is 28.2 Å². The summed E-state index contributed by atoms with van der Waals surface area (Å²) >= 11 is 0. The average Bonchev–Trinajstić information content (AvgIpc) is 2.96. The number of ether oxygens (including phenoxy) is 1. The highest BCUT2D eigenvalue weighted by atomic mass is 16.5. The Morgan fingerprint density at radius 1 is 1.35 bits per heavy atom. The van der Waals surface area contributed by atoms with E-state index in [2.05, 4.69) is 25.6 Å². The number of nitrogens with zero attached hydrogens (tertiary/aromatic N) is 4. The Balaban J connectivity index is 2.05. The van der Waals surface area contributed by atoms with Crippen LogP contribution < -0.4 is 16.0 Å². The number of aromatic amines is 1. The van der Waals surface area contributed by atoms with Crippen molar-refractivity contribution in [2.45, 2.75) is 0 Å². The van der Waals surface area contributed by atoms with Crippen LogP contribution in [0.15, 0.2) is 30.5 Å². The molecule has 8 nitrogen and oxygen atoms in total. The van der Waals surface area contributed by atoms with E-state index in [0.717, 1.165) is 0 Å². The van der Waals surface area contributed by atoms with Gasteiger partial charge in [-0.15, -0.1) is 0 Å². The number of hydrazine groups is 1. The Kier molecular flexibility index (Phi) is 2.87. The zero-order chi connectivity index (χ0) is 13.9. The Morgan fingerprint density at radius 2 is 2.25 bits per heavy atom. The van der Waals surface area contributed by atoms with Crippen LogP contribution in [0.1, 0.15) is 5.56 Å². The Bertz CT molecular complexity index is 805. The van der Waals surface area contributed by atoms with E-state index >= 15 is 0 Å². The summed E-state index contributed by atoms with van der Waals surface area (Å²) in [6, 6.07) is 8.80. The summed E-state index contributed by atoms with van der Waals surface area (Å²) < 4.78 is 5.68. The smallest absolute Gasteiger partial charge is 0.242 e. The van der Waals surface area contributed by atoms with Gasteiger partial charge in [-0.25, -0.2) is 5.84 Å². The highest BCUT2D eigenvalue weighted by Gasteiger charge is 2.11. The van der Waals surface area contributed by atoms with Crippen molar-refractivity contribution < 1.29 is 4.74 Å². The molecule has 8 heteroatoms. The van der Waals surface area contributed by atoms with Crippen LogP contribution >= 0.6 is 0 Å². The minimum absolute atomic E-state index is 0.202. The van der Waals surface area contributed by atoms with E-state index in [1.807, 2.05) is 6.07 Å². The maximum atomic E-state index is 8.88. The number of nitriles is 1. The molecule has 0 aliphatic heterocycles. The van der Waals surface area contributed by atoms with E-state index in [1.54, 1.807) is 30.5 Å². The highest BCUT2D eigenvalue weighted by Crippen LogP contribution is 2.27. The fraction of sp³-hybridized carbons (Fsp3) is 0. The lowest BCUT2D eigenvalue weighted by Crippen LogP contribution is -2.10. The molecule has 1 aromatic carbocycles. The SMILES string of the molecule is N#Cc1cccc(Oc2nc(NN)nc3[nH]ncc23)c1. The predicted octanol–water partition coefficient (Wildman–Crippen LogP) is 1.30. The molecular formula is C12H9N7O. The molecule has 0 unspecified atom stereocenters. The van der Waals surface area contributed by atoms with Gasteiger partial charge in [0, 0.05) is 0 Å². The van der Waals surface area contributed by atoms with Crippen molar-refractivity contribution in [2.24, 2.45) is 5.84 Å². The number of nitrogens with two attached hydrogens (primary N) is 1. The molecule has 20 heavy (non-hydrogen) atoms. The van der Waals surface area contributed by atoms with E-state index in [4.69, 9.17) is 15.8 Å². The predicted molar refractivity (Wildman–Crippen MR) is 70.7 cm³/mol. The van der Waals surface area contributed by atoms with Crippen LogP contribution in [0, 0.1) is 11.3 Å². The van der Waals surface area contributed by atoms with Crippen molar-refractivity contribution >= 4 is 17.0 Å². The van der Waals surface area contributed by atoms with Gasteiger partial charge in [0.15, 0.2) is 5.65 Å². The van der Waals surface area contributed by atoms with Crippen molar-refractivity contribution in [1.82, 2.24) is 20.2 Å². The minimum Gasteiger partial charge on any atom is -0.438 e. The van der Waals surface area contributed by atoms with Crippen LogP contribution in [-0.4, -0.2) is 20.2 Å². The number of H-pyrrole nitrogens is 1. The topological polar surface area (TPSA) is 126 Å². The molecule has 0 bridgehead atoms. The van der Waals surface area contributed by atoms with Gasteiger partial charge in [0.1, 0.15) is 11.1 Å². The van der Waals surface area contributed by atoms with Crippen LogP contribution in [0.3, 0.4) is 0 Å². The molecule has 0 saturated heterocycles. The lowest BCUT2D eigenvalue weighted by Gasteiger charge is -2.07. The molecule has 2 heterocycles. The zero-order valence-electron chi connectivity index (χ0n) is 10.2. The molecule has 0 saturated carbocycles. The summed E-state index contributed by atoms with van der Waals surface area (Å²) in [6.45, 7) is 0. The van der Waals surface area contributed by atoms with Gasteiger partial charge in [-0.05, 0) is 18.2 Å². The fourth-order valence-electron chi connectivity index (χ4n) is 1.69. The molecule has 98 valence electrons. The maximum Gasteiger partial charge on any atom is 0.242 e. The van der Waals surface area contributed by atoms with Crippen LogP contribution in [0.4, 0.5) is 5.95 Å². The summed E-state index contributed by atoms with van der Waals surface area (Å²) in [5.74, 6) is 6.30. The number of benzene rings is 1. The first-order valence-electron chi connectivity index (χ1n) is 5.66. The normalized spacial score (nSPS) is 10.2. The third kappa shape index (κ3) is 2.09. The largest absolute Gasteiger partial charge is 0.438 e. The first-order valence-corrected chi connectivity index (χ1v) is 5.66. The Labute approximate surface area is 113 Å². The molecule has 0 fully saturated rings. The van der Waals surface area contributed by atoms with E-state index in [1.165, 1.54) is 0 Å². The van der Waals surface area contributed by atoms with Crippen molar-refractivity contribution in [3.05, 3.63) is 36.0 Å². The van der Waals surface area contributed by atoms with Crippen molar-refractivity contribution in [1.29, 1.82) is 5.26 Å². The minimum atomic E-state index is 0.202. The second-order valence-electron chi connectivity index (χ2n) is 3.87. The van der Waals surface area contributed by atoms with Gasteiger partial charge in [-0.3, -0.25) is 10.5 Å². The van der Waals surface area contributed by atoms with Crippen molar-refractivity contribution in [3.63, 3.8) is 0 Å². The van der Waals surface area contributed by atoms with Crippen LogP contribution in [0.25, 0.3) is 11.0 Å². The molecule has 0 atom stereocenters. The molecule has 0 radical (unpaired) electrons. The summed E-state index contributed by atoms with van der Waals surface area (Å²) in [4.78, 5) is 8.22. The molecule has 3 aromatic rings. The number of aromatic nitrogens is 4. The third-order valence-electron chi connectivity index (χ3n) is 2.58. The van der Waals surface area contributed by atoms with Gasteiger partial charge < -0.3 is 4.74 Å². The fourth-order valence-corrected chi connectivity index (χ4v) is 1.69. The lowest BCUT2D eigenvalue weighted by molar-refractivity contribution is 0.469. The zero-order valence-corrected chi connectivity index (χ0v) is 10.2. The van der Waals surface area contributed by atoms with Gasteiger partial charge >= 0.3 is 0 Å². The first-order chi connectivity index (χ1) is 9.80. The van der Waals surface area contributed by atoms with Crippen molar-refractivity contribution in [2.75, 3.05) is 5.43 Å². The monoisotopic (exact) mass is 267 g/mol. The first kappa shape index (κ1) is 11.9. The van der Waals surface area contributed by atoms with Crippen LogP contribution in [-0.2, 0) is 0 Å². The van der Waals surface area contributed by atoms with Gasteiger partial charge in [0.25, 0.3) is 0 Å². The average molecular weight is 267 g/mol. The van der Waals surface area contributed by atoms with Gasteiger partial charge in [0.05, 0.1) is 17.8 Å². The van der Waals surface area contributed by atoms with Crippen LogP contribution in [0.2, 0.25) is 0 Å². The molecule has 0 amide bonds. The van der Waals surface area contributed by atoms with E-state index in [9.17, 15) is 0 Å². The number of rotatable bonds is 3. The third-order valence-corrected chi connectivity index (χ3v) is 2.58. The van der Waals surface area contributed by atoms with Crippen LogP contribution in [0.5, 0.6) is 11.6 Å². The molecule has 0 spiro atoms. The molecule has 3 rings (SSSR count). The van der Waals surface area contributed by atoms with Gasteiger partial charge in [-0.2, -0.15) is 20.3 Å². The number of nitrogens with one attached hydrogen (secondary N) is 2.